The summed E-state index contributed by atoms with van der Waals surface area (Å²) in [6, 6.07) is 6.81. The van der Waals surface area contributed by atoms with Gasteiger partial charge < -0.3 is 19.0 Å². The van der Waals surface area contributed by atoms with E-state index in [0.717, 1.165) is 6.07 Å². The Labute approximate surface area is 114 Å². The van der Waals surface area contributed by atoms with Crippen molar-refractivity contribution in [3.05, 3.63) is 53.2 Å². The maximum atomic E-state index is 13.8. The zero-order valence-corrected chi connectivity index (χ0v) is 10.9. The summed E-state index contributed by atoms with van der Waals surface area (Å²) >= 11 is 0. The molecule has 0 amide bonds. The van der Waals surface area contributed by atoms with E-state index in [1.807, 2.05) is 0 Å². The second-order valence-corrected chi connectivity index (χ2v) is 3.98. The van der Waals surface area contributed by atoms with Gasteiger partial charge in [0.15, 0.2) is 0 Å². The third kappa shape index (κ3) is 2.65. The molecule has 1 heterocycles. The lowest BCUT2D eigenvalue weighted by molar-refractivity contribution is 0.0558. The Balaban J connectivity index is 2.29. The van der Waals surface area contributed by atoms with Gasteiger partial charge in [-0.1, -0.05) is 0 Å². The van der Waals surface area contributed by atoms with Crippen LogP contribution in [0.5, 0.6) is 5.75 Å². The van der Waals surface area contributed by atoms with E-state index in [1.165, 1.54) is 38.5 Å². The van der Waals surface area contributed by atoms with Crippen molar-refractivity contribution in [1.29, 1.82) is 0 Å². The van der Waals surface area contributed by atoms with E-state index in [2.05, 4.69) is 4.74 Å². The zero-order valence-electron chi connectivity index (χ0n) is 10.9. The molecule has 0 spiro atoms. The first-order valence-electron chi connectivity index (χ1n) is 5.76. The molecule has 6 heteroatoms. The van der Waals surface area contributed by atoms with E-state index in [0.29, 0.717) is 5.75 Å². The third-order valence-electron chi connectivity index (χ3n) is 2.79. The first-order valence-corrected chi connectivity index (χ1v) is 5.76. The van der Waals surface area contributed by atoms with E-state index in [4.69, 9.17) is 9.15 Å². The summed E-state index contributed by atoms with van der Waals surface area (Å²) < 4.78 is 28.3. The number of aliphatic hydroxyl groups excluding tert-OH is 1. The van der Waals surface area contributed by atoms with Gasteiger partial charge in [0.2, 0.25) is 5.76 Å². The first-order chi connectivity index (χ1) is 9.56. The van der Waals surface area contributed by atoms with E-state index in [-0.39, 0.29) is 17.1 Å². The molecule has 1 unspecified atom stereocenters. The van der Waals surface area contributed by atoms with Crippen LogP contribution in [0.4, 0.5) is 4.39 Å². The number of carbonyl (C=O) groups excluding carboxylic acids is 1. The fourth-order valence-corrected chi connectivity index (χ4v) is 1.72. The fraction of sp³-hybridized carbons (Fsp3) is 0.214. The predicted molar refractivity (Wildman–Crippen MR) is 67.1 cm³/mol. The van der Waals surface area contributed by atoms with Crippen molar-refractivity contribution >= 4 is 5.97 Å². The van der Waals surface area contributed by atoms with Crippen LogP contribution in [0, 0.1) is 5.82 Å². The van der Waals surface area contributed by atoms with E-state index >= 15 is 0 Å². The highest BCUT2D eigenvalue weighted by molar-refractivity contribution is 5.86. The number of halogens is 1. The Bertz CT molecular complexity index is 620. The average molecular weight is 280 g/mol. The lowest BCUT2D eigenvalue weighted by Gasteiger charge is -2.10. The Hall–Kier alpha value is -2.34. The highest BCUT2D eigenvalue weighted by Gasteiger charge is 2.21. The van der Waals surface area contributed by atoms with Crippen LogP contribution in [-0.2, 0) is 4.74 Å². The third-order valence-corrected chi connectivity index (χ3v) is 2.79. The molecule has 1 aromatic heterocycles. The number of rotatable bonds is 4. The van der Waals surface area contributed by atoms with Crippen LogP contribution in [0.25, 0.3) is 0 Å². The van der Waals surface area contributed by atoms with E-state index < -0.39 is 17.9 Å². The molecule has 1 N–H and O–H groups in total. The normalized spacial score (nSPS) is 12.0. The van der Waals surface area contributed by atoms with Gasteiger partial charge in [0.25, 0.3) is 0 Å². The minimum Gasteiger partial charge on any atom is -0.497 e. The molecule has 0 aliphatic carbocycles. The highest BCUT2D eigenvalue weighted by Crippen LogP contribution is 2.28. The standard InChI is InChI=1S/C14H13FO5/c1-18-8-3-4-9(10(15)7-8)13(16)11-5-6-12(20-11)14(17)19-2/h3-7,13,16H,1-2H3. The van der Waals surface area contributed by atoms with E-state index in [9.17, 15) is 14.3 Å². The molecule has 0 fully saturated rings. The predicted octanol–water partition coefficient (Wildman–Crippen LogP) is 2.30. The molecular formula is C14H13FO5. The molecule has 1 atom stereocenters. The Kier molecular flexibility index (Phi) is 4.05. The lowest BCUT2D eigenvalue weighted by atomic mass is 10.1. The number of benzene rings is 1. The van der Waals surface area contributed by atoms with Gasteiger partial charge in [0, 0.05) is 11.6 Å². The second-order valence-electron chi connectivity index (χ2n) is 3.98. The quantitative estimate of drug-likeness (QED) is 0.870. The van der Waals surface area contributed by atoms with E-state index in [1.54, 1.807) is 0 Å². The molecule has 0 aliphatic rings. The molecule has 1 aromatic carbocycles. The van der Waals surface area contributed by atoms with Crippen LogP contribution in [0.2, 0.25) is 0 Å². The molecule has 5 nitrogen and oxygen atoms in total. The molecule has 20 heavy (non-hydrogen) atoms. The second kappa shape index (κ2) is 5.75. The molecular weight excluding hydrogens is 267 g/mol. The van der Waals surface area contributed by atoms with Crippen LogP contribution in [-0.4, -0.2) is 25.3 Å². The Morgan fingerprint density at radius 1 is 1.30 bits per heavy atom. The monoisotopic (exact) mass is 280 g/mol. The zero-order chi connectivity index (χ0) is 14.7. The number of furan rings is 1. The van der Waals surface area contributed by atoms with Gasteiger partial charge in [-0.15, -0.1) is 0 Å². The van der Waals surface area contributed by atoms with Crippen LogP contribution in [0.3, 0.4) is 0 Å². The molecule has 0 bridgehead atoms. The summed E-state index contributed by atoms with van der Waals surface area (Å²) in [7, 11) is 2.63. The topological polar surface area (TPSA) is 68.9 Å². The number of ether oxygens (including phenoxy) is 2. The number of aliphatic hydroxyl groups is 1. The number of carbonyl (C=O) groups is 1. The van der Waals surface area contributed by atoms with Crippen LogP contribution in [0.15, 0.2) is 34.7 Å². The van der Waals surface area contributed by atoms with Gasteiger partial charge in [-0.3, -0.25) is 0 Å². The summed E-state index contributed by atoms with van der Waals surface area (Å²) in [5, 5.41) is 10.1. The van der Waals surface area contributed by atoms with Crippen molar-refractivity contribution in [2.45, 2.75) is 6.10 Å². The average Bonchev–Trinajstić information content (AvgIpc) is 2.95. The Morgan fingerprint density at radius 3 is 2.65 bits per heavy atom. The molecule has 2 rings (SSSR count). The number of methoxy groups -OCH3 is 2. The Morgan fingerprint density at radius 2 is 2.05 bits per heavy atom. The first kappa shape index (κ1) is 14.1. The summed E-state index contributed by atoms with van der Waals surface area (Å²) in [6.07, 6.45) is -1.32. The SMILES string of the molecule is COC(=O)c1ccc(C(O)c2ccc(OC)cc2F)o1. The van der Waals surface area contributed by atoms with Gasteiger partial charge in [-0.25, -0.2) is 9.18 Å². The van der Waals surface area contributed by atoms with Crippen LogP contribution in [0.1, 0.15) is 28.0 Å². The maximum absolute atomic E-state index is 13.8. The maximum Gasteiger partial charge on any atom is 0.373 e. The van der Waals surface area contributed by atoms with Gasteiger partial charge in [-0.2, -0.15) is 0 Å². The minimum absolute atomic E-state index is 0.0246. The summed E-state index contributed by atoms with van der Waals surface area (Å²) in [4.78, 5) is 11.2. The van der Waals surface area contributed by atoms with Gasteiger partial charge in [0.05, 0.1) is 14.2 Å². The van der Waals surface area contributed by atoms with Crippen molar-refractivity contribution in [1.82, 2.24) is 0 Å². The van der Waals surface area contributed by atoms with Gasteiger partial charge in [0.1, 0.15) is 23.4 Å². The summed E-state index contributed by atoms with van der Waals surface area (Å²) in [5.41, 5.74) is 0.0246. The molecule has 2 aromatic rings. The van der Waals surface area contributed by atoms with Gasteiger partial charge >= 0.3 is 5.97 Å². The molecule has 106 valence electrons. The van der Waals surface area contributed by atoms with Gasteiger partial charge in [-0.05, 0) is 24.3 Å². The van der Waals surface area contributed by atoms with Crippen molar-refractivity contribution in [3.63, 3.8) is 0 Å². The highest BCUT2D eigenvalue weighted by atomic mass is 19.1. The molecule has 0 aliphatic heterocycles. The molecule has 0 saturated carbocycles. The molecule has 0 saturated heterocycles. The van der Waals surface area contributed by atoms with Crippen LogP contribution < -0.4 is 4.74 Å². The number of hydrogen-bond donors (Lipinski definition) is 1. The van der Waals surface area contributed by atoms with Crippen molar-refractivity contribution in [2.24, 2.45) is 0 Å². The van der Waals surface area contributed by atoms with Crippen LogP contribution >= 0.6 is 0 Å². The van der Waals surface area contributed by atoms with Crippen molar-refractivity contribution in [3.8, 4) is 5.75 Å². The summed E-state index contributed by atoms with van der Waals surface area (Å²) in [5.74, 6) is -0.968. The fourth-order valence-electron chi connectivity index (χ4n) is 1.72. The summed E-state index contributed by atoms with van der Waals surface area (Å²) in [6.45, 7) is 0. The smallest absolute Gasteiger partial charge is 0.373 e. The molecule has 0 radical (unpaired) electrons. The number of esters is 1. The van der Waals surface area contributed by atoms with Crippen molar-refractivity contribution < 1.29 is 28.2 Å². The number of hydrogen-bond acceptors (Lipinski definition) is 5. The van der Waals surface area contributed by atoms with Crippen molar-refractivity contribution in [2.75, 3.05) is 14.2 Å². The minimum atomic E-state index is -1.32. The lowest BCUT2D eigenvalue weighted by Crippen LogP contribution is -2.02. The largest absolute Gasteiger partial charge is 0.497 e.